The van der Waals surface area contributed by atoms with Gasteiger partial charge in [0.15, 0.2) is 4.90 Å². The topological polar surface area (TPSA) is 131 Å². The summed E-state index contributed by atoms with van der Waals surface area (Å²) in [6.07, 6.45) is 5.20. The van der Waals surface area contributed by atoms with E-state index in [0.717, 1.165) is 43.4 Å². The van der Waals surface area contributed by atoms with E-state index in [-0.39, 0.29) is 12.2 Å². The molecule has 2 aromatic rings. The fraction of sp³-hybridized carbons (Fsp3) is 0.353. The molecule has 0 bridgehead atoms. The summed E-state index contributed by atoms with van der Waals surface area (Å²) in [4.78, 5) is 16.8. The van der Waals surface area contributed by atoms with E-state index >= 15 is 0 Å². The summed E-state index contributed by atoms with van der Waals surface area (Å²) < 4.78 is 23.3. The molecule has 3 rings (SSSR count). The molecule has 1 aliphatic heterocycles. The number of anilines is 2. The summed E-state index contributed by atoms with van der Waals surface area (Å²) in [5.74, 6) is 0.877. The summed E-state index contributed by atoms with van der Waals surface area (Å²) in [5.41, 5.74) is 0.439. The Labute approximate surface area is 157 Å². The maximum atomic E-state index is 11.6. The lowest BCUT2D eigenvalue weighted by atomic mass is 10.1. The number of nitrogens with zero attached hydrogens (tertiary/aromatic N) is 3. The average molecular weight is 391 g/mol. The standard InChI is InChI=1S/C17H21N5O4S/c18-27(25,26)15-6-4-5-14(17(15)22(23)24)20-12-13-7-8-19-16(11-13)21-9-2-1-3-10-21/h4-8,11,20H,1-3,9-10,12H2,(H2,18,25,26). The first-order chi connectivity index (χ1) is 12.9. The van der Waals surface area contributed by atoms with Crippen LogP contribution in [0.3, 0.4) is 0 Å². The van der Waals surface area contributed by atoms with Crippen molar-refractivity contribution in [2.24, 2.45) is 5.14 Å². The predicted molar refractivity (Wildman–Crippen MR) is 102 cm³/mol. The van der Waals surface area contributed by atoms with Crippen LogP contribution in [-0.2, 0) is 16.6 Å². The van der Waals surface area contributed by atoms with Crippen molar-refractivity contribution in [2.75, 3.05) is 23.3 Å². The van der Waals surface area contributed by atoms with Crippen LogP contribution in [0.1, 0.15) is 24.8 Å². The second-order valence-corrected chi connectivity index (χ2v) is 7.91. The molecule has 0 unspecified atom stereocenters. The van der Waals surface area contributed by atoms with E-state index in [1.807, 2.05) is 12.1 Å². The van der Waals surface area contributed by atoms with Crippen molar-refractivity contribution in [1.82, 2.24) is 4.98 Å². The number of nitro groups is 1. The van der Waals surface area contributed by atoms with Gasteiger partial charge < -0.3 is 10.2 Å². The Morgan fingerprint density at radius 2 is 1.96 bits per heavy atom. The molecule has 10 heteroatoms. The van der Waals surface area contributed by atoms with E-state index < -0.39 is 25.5 Å². The van der Waals surface area contributed by atoms with E-state index in [2.05, 4.69) is 15.2 Å². The monoisotopic (exact) mass is 391 g/mol. The molecular formula is C17H21N5O4S. The molecular weight excluding hydrogens is 370 g/mol. The molecule has 1 aromatic carbocycles. The van der Waals surface area contributed by atoms with Crippen LogP contribution in [0.15, 0.2) is 41.4 Å². The fourth-order valence-corrected chi connectivity index (χ4v) is 3.87. The summed E-state index contributed by atoms with van der Waals surface area (Å²) >= 11 is 0. The Balaban J connectivity index is 1.82. The van der Waals surface area contributed by atoms with E-state index in [1.54, 1.807) is 6.20 Å². The van der Waals surface area contributed by atoms with E-state index in [4.69, 9.17) is 5.14 Å². The highest BCUT2D eigenvalue weighted by Gasteiger charge is 2.26. The number of primary sulfonamides is 1. The first kappa shape index (κ1) is 19.1. The first-order valence-electron chi connectivity index (χ1n) is 8.60. The van der Waals surface area contributed by atoms with E-state index in [0.29, 0.717) is 0 Å². The molecule has 144 valence electrons. The van der Waals surface area contributed by atoms with Crippen molar-refractivity contribution in [3.63, 3.8) is 0 Å². The number of piperidine rings is 1. The minimum atomic E-state index is -4.20. The van der Waals surface area contributed by atoms with Gasteiger partial charge in [-0.2, -0.15) is 0 Å². The lowest BCUT2D eigenvalue weighted by Crippen LogP contribution is -2.30. The van der Waals surface area contributed by atoms with Gasteiger partial charge in [-0.3, -0.25) is 10.1 Å². The molecule has 2 heterocycles. The molecule has 0 spiro atoms. The zero-order valence-electron chi connectivity index (χ0n) is 14.7. The highest BCUT2D eigenvalue weighted by atomic mass is 32.2. The highest BCUT2D eigenvalue weighted by molar-refractivity contribution is 7.89. The van der Waals surface area contributed by atoms with Gasteiger partial charge in [0.2, 0.25) is 10.0 Å². The fourth-order valence-electron chi connectivity index (χ4n) is 3.15. The number of nitrogens with two attached hydrogens (primary N) is 1. The molecule has 0 amide bonds. The number of nitro benzene ring substituents is 1. The van der Waals surface area contributed by atoms with E-state index in [9.17, 15) is 18.5 Å². The highest BCUT2D eigenvalue weighted by Crippen LogP contribution is 2.31. The summed E-state index contributed by atoms with van der Waals surface area (Å²) in [5, 5.41) is 19.4. The van der Waals surface area contributed by atoms with Crippen LogP contribution in [0.25, 0.3) is 0 Å². The van der Waals surface area contributed by atoms with Gasteiger partial charge >= 0.3 is 5.69 Å². The second-order valence-electron chi connectivity index (χ2n) is 6.38. The molecule has 0 radical (unpaired) electrons. The zero-order valence-corrected chi connectivity index (χ0v) is 15.5. The van der Waals surface area contributed by atoms with Crippen LogP contribution in [0.5, 0.6) is 0 Å². The van der Waals surface area contributed by atoms with Crippen molar-refractivity contribution < 1.29 is 13.3 Å². The van der Waals surface area contributed by atoms with Crippen LogP contribution in [0.2, 0.25) is 0 Å². The number of hydrogen-bond acceptors (Lipinski definition) is 7. The Kier molecular flexibility index (Phi) is 5.57. The Morgan fingerprint density at radius 1 is 1.22 bits per heavy atom. The molecule has 1 aromatic heterocycles. The number of benzene rings is 1. The minimum absolute atomic E-state index is 0.0999. The smallest absolute Gasteiger partial charge is 0.312 e. The number of nitrogens with one attached hydrogen (secondary N) is 1. The van der Waals surface area contributed by atoms with Crippen molar-refractivity contribution >= 4 is 27.2 Å². The maximum absolute atomic E-state index is 11.6. The Morgan fingerprint density at radius 3 is 2.63 bits per heavy atom. The molecule has 1 fully saturated rings. The van der Waals surface area contributed by atoms with Gasteiger partial charge in [0.05, 0.1) is 4.92 Å². The number of pyridine rings is 1. The summed E-state index contributed by atoms with van der Waals surface area (Å²) in [6, 6.07) is 7.75. The lowest BCUT2D eigenvalue weighted by molar-refractivity contribution is -0.386. The second kappa shape index (κ2) is 7.89. The van der Waals surface area contributed by atoms with Crippen LogP contribution in [-0.4, -0.2) is 31.4 Å². The van der Waals surface area contributed by atoms with Crippen molar-refractivity contribution in [2.45, 2.75) is 30.7 Å². The molecule has 9 nitrogen and oxygen atoms in total. The van der Waals surface area contributed by atoms with Gasteiger partial charge in [-0.05, 0) is 49.1 Å². The van der Waals surface area contributed by atoms with Crippen molar-refractivity contribution in [3.05, 3.63) is 52.2 Å². The third-order valence-corrected chi connectivity index (χ3v) is 5.40. The summed E-state index contributed by atoms with van der Waals surface area (Å²) in [6.45, 7) is 2.22. The molecule has 0 saturated carbocycles. The van der Waals surface area contributed by atoms with Gasteiger partial charge in [-0.25, -0.2) is 18.5 Å². The average Bonchev–Trinajstić information content (AvgIpc) is 2.66. The number of rotatable bonds is 6. The first-order valence-corrected chi connectivity index (χ1v) is 10.1. The predicted octanol–water partition coefficient (Wildman–Crippen LogP) is 2.24. The quantitative estimate of drug-likeness (QED) is 0.570. The largest absolute Gasteiger partial charge is 0.375 e. The van der Waals surface area contributed by atoms with Gasteiger partial charge in [-0.1, -0.05) is 6.07 Å². The molecule has 27 heavy (non-hydrogen) atoms. The molecule has 0 atom stereocenters. The van der Waals surface area contributed by atoms with Gasteiger partial charge in [0.1, 0.15) is 11.5 Å². The minimum Gasteiger partial charge on any atom is -0.375 e. The van der Waals surface area contributed by atoms with Gasteiger partial charge in [0.25, 0.3) is 0 Å². The molecule has 0 aliphatic carbocycles. The van der Waals surface area contributed by atoms with Crippen LogP contribution in [0, 0.1) is 10.1 Å². The molecule has 1 saturated heterocycles. The number of hydrogen-bond donors (Lipinski definition) is 2. The molecule has 3 N–H and O–H groups in total. The van der Waals surface area contributed by atoms with Crippen LogP contribution >= 0.6 is 0 Å². The number of para-hydroxylation sites is 1. The van der Waals surface area contributed by atoms with Gasteiger partial charge in [0, 0.05) is 25.8 Å². The maximum Gasteiger partial charge on any atom is 0.312 e. The van der Waals surface area contributed by atoms with Crippen LogP contribution in [0.4, 0.5) is 17.2 Å². The van der Waals surface area contributed by atoms with Crippen molar-refractivity contribution in [3.8, 4) is 0 Å². The normalized spacial score (nSPS) is 14.8. The zero-order chi connectivity index (χ0) is 19.4. The van der Waals surface area contributed by atoms with E-state index in [1.165, 1.54) is 18.6 Å². The van der Waals surface area contributed by atoms with Crippen LogP contribution < -0.4 is 15.4 Å². The number of aromatic nitrogens is 1. The Hall–Kier alpha value is -2.72. The van der Waals surface area contributed by atoms with Gasteiger partial charge in [-0.15, -0.1) is 0 Å². The van der Waals surface area contributed by atoms with Crippen molar-refractivity contribution in [1.29, 1.82) is 0 Å². The Bertz CT molecular complexity index is 942. The molecule has 1 aliphatic rings. The SMILES string of the molecule is NS(=O)(=O)c1cccc(NCc2ccnc(N3CCCCC3)c2)c1[N+](=O)[O-]. The third-order valence-electron chi connectivity index (χ3n) is 4.46. The summed E-state index contributed by atoms with van der Waals surface area (Å²) in [7, 11) is -4.20. The third kappa shape index (κ3) is 4.52. The lowest BCUT2D eigenvalue weighted by Gasteiger charge is -2.28. The number of sulfonamides is 1.